The van der Waals surface area contributed by atoms with Gasteiger partial charge in [-0.1, -0.05) is 24.0 Å². The van der Waals surface area contributed by atoms with Gasteiger partial charge in [0.15, 0.2) is 5.79 Å². The molecule has 25 heavy (non-hydrogen) atoms. The van der Waals surface area contributed by atoms with Crippen molar-refractivity contribution in [2.75, 3.05) is 14.2 Å². The summed E-state index contributed by atoms with van der Waals surface area (Å²) in [4.78, 5) is 0. The Balaban J connectivity index is 1.62. The van der Waals surface area contributed by atoms with Crippen LogP contribution in [0.25, 0.3) is 0 Å². The molecule has 0 aromatic carbocycles. The SMILES string of the molecule is C#C[C@]1(O)CC[C@H]2[C@@H]3CCC4=C(CCC(OC)(OC)C4)[C@H]3CCC21C. The molecule has 4 aliphatic rings. The molecule has 0 amide bonds. The summed E-state index contributed by atoms with van der Waals surface area (Å²) >= 11 is 0. The minimum atomic E-state index is -0.898. The number of allylic oxidation sites excluding steroid dienone is 1. The lowest BCUT2D eigenvalue weighted by atomic mass is 9.52. The largest absolute Gasteiger partial charge is 0.377 e. The third-order valence-corrected chi connectivity index (χ3v) is 8.51. The minimum absolute atomic E-state index is 0.0987. The quantitative estimate of drug-likeness (QED) is 0.466. The topological polar surface area (TPSA) is 38.7 Å². The average molecular weight is 344 g/mol. The van der Waals surface area contributed by atoms with E-state index in [-0.39, 0.29) is 5.41 Å². The van der Waals surface area contributed by atoms with Crippen molar-refractivity contribution >= 4 is 0 Å². The summed E-state index contributed by atoms with van der Waals surface area (Å²) in [6.45, 7) is 2.26. The first-order valence-electron chi connectivity index (χ1n) is 9.93. The third kappa shape index (κ3) is 2.30. The van der Waals surface area contributed by atoms with Gasteiger partial charge in [-0.15, -0.1) is 6.42 Å². The zero-order chi connectivity index (χ0) is 17.9. The van der Waals surface area contributed by atoms with Gasteiger partial charge in [0.2, 0.25) is 0 Å². The van der Waals surface area contributed by atoms with Crippen LogP contribution in [0.3, 0.4) is 0 Å². The first kappa shape index (κ1) is 17.6. The van der Waals surface area contributed by atoms with Crippen molar-refractivity contribution in [1.82, 2.24) is 0 Å². The summed E-state index contributed by atoms with van der Waals surface area (Å²) in [5.41, 5.74) is 2.29. The number of fused-ring (bicyclic) bond motifs is 4. The van der Waals surface area contributed by atoms with Crippen LogP contribution in [0.4, 0.5) is 0 Å². The second kappa shape index (κ2) is 5.84. The van der Waals surface area contributed by atoms with E-state index in [2.05, 4.69) is 12.8 Å². The smallest absolute Gasteiger partial charge is 0.171 e. The summed E-state index contributed by atoms with van der Waals surface area (Å²) < 4.78 is 11.5. The molecule has 0 aromatic rings. The number of ether oxygens (including phenoxy) is 2. The maximum absolute atomic E-state index is 11.0. The molecule has 0 bridgehead atoms. The molecule has 0 saturated heterocycles. The maximum atomic E-state index is 11.0. The lowest BCUT2D eigenvalue weighted by Gasteiger charge is -2.54. The molecule has 4 rings (SSSR count). The summed E-state index contributed by atoms with van der Waals surface area (Å²) in [6, 6.07) is 0. The van der Waals surface area contributed by atoms with Crippen LogP contribution in [0.1, 0.15) is 64.7 Å². The zero-order valence-electron chi connectivity index (χ0n) is 15.9. The van der Waals surface area contributed by atoms with E-state index in [1.54, 1.807) is 25.4 Å². The number of rotatable bonds is 2. The molecule has 5 atom stereocenters. The van der Waals surface area contributed by atoms with E-state index in [4.69, 9.17) is 15.9 Å². The van der Waals surface area contributed by atoms with Gasteiger partial charge in [-0.2, -0.15) is 0 Å². The van der Waals surface area contributed by atoms with E-state index in [0.717, 1.165) is 44.9 Å². The highest BCUT2D eigenvalue weighted by atomic mass is 16.7. The van der Waals surface area contributed by atoms with Crippen molar-refractivity contribution in [3.8, 4) is 12.3 Å². The fourth-order valence-electron chi connectivity index (χ4n) is 6.87. The van der Waals surface area contributed by atoms with Gasteiger partial charge in [0.1, 0.15) is 5.60 Å². The Morgan fingerprint density at radius 3 is 2.52 bits per heavy atom. The summed E-state index contributed by atoms with van der Waals surface area (Å²) in [7, 11) is 3.54. The van der Waals surface area contributed by atoms with Crippen molar-refractivity contribution in [3.63, 3.8) is 0 Å². The van der Waals surface area contributed by atoms with Gasteiger partial charge in [-0.05, 0) is 62.7 Å². The first-order chi connectivity index (χ1) is 11.9. The number of aliphatic hydroxyl groups is 1. The fraction of sp³-hybridized carbons (Fsp3) is 0.818. The van der Waals surface area contributed by atoms with E-state index in [0.29, 0.717) is 17.8 Å². The van der Waals surface area contributed by atoms with Crippen LogP contribution in [0.5, 0.6) is 0 Å². The van der Waals surface area contributed by atoms with Crippen LogP contribution in [0.2, 0.25) is 0 Å². The average Bonchev–Trinajstić information content (AvgIpc) is 2.92. The van der Waals surface area contributed by atoms with E-state index < -0.39 is 11.4 Å². The van der Waals surface area contributed by atoms with E-state index >= 15 is 0 Å². The number of hydrogen-bond donors (Lipinski definition) is 1. The van der Waals surface area contributed by atoms with Crippen molar-refractivity contribution in [2.24, 2.45) is 23.2 Å². The number of hydrogen-bond acceptors (Lipinski definition) is 3. The summed E-state index contributed by atoms with van der Waals surface area (Å²) in [6.07, 6.45) is 15.2. The van der Waals surface area contributed by atoms with Crippen LogP contribution >= 0.6 is 0 Å². The molecule has 2 fully saturated rings. The molecule has 3 nitrogen and oxygen atoms in total. The molecule has 2 saturated carbocycles. The van der Waals surface area contributed by atoms with E-state index in [1.807, 2.05) is 0 Å². The molecule has 1 N–H and O–H groups in total. The maximum Gasteiger partial charge on any atom is 0.171 e. The number of methoxy groups -OCH3 is 2. The molecule has 0 heterocycles. The van der Waals surface area contributed by atoms with E-state index in [1.165, 1.54) is 12.8 Å². The third-order valence-electron chi connectivity index (χ3n) is 8.51. The Hall–Kier alpha value is -0.820. The van der Waals surface area contributed by atoms with Gasteiger partial charge in [0.25, 0.3) is 0 Å². The second-order valence-corrected chi connectivity index (χ2v) is 9.04. The molecule has 1 unspecified atom stereocenters. The molecular formula is C22H32O3. The highest BCUT2D eigenvalue weighted by Crippen LogP contribution is 2.64. The summed E-state index contributed by atoms with van der Waals surface area (Å²) in [5.74, 6) is 4.31. The zero-order valence-corrected chi connectivity index (χ0v) is 15.9. The molecule has 0 aliphatic heterocycles. The summed E-state index contributed by atoms with van der Waals surface area (Å²) in [5, 5.41) is 11.0. The van der Waals surface area contributed by atoms with Gasteiger partial charge in [-0.25, -0.2) is 0 Å². The highest BCUT2D eigenvalue weighted by molar-refractivity contribution is 5.30. The van der Waals surface area contributed by atoms with Gasteiger partial charge >= 0.3 is 0 Å². The number of terminal acetylenes is 1. The Morgan fingerprint density at radius 2 is 1.84 bits per heavy atom. The van der Waals surface area contributed by atoms with Crippen LogP contribution in [-0.2, 0) is 9.47 Å². The predicted molar refractivity (Wildman–Crippen MR) is 97.7 cm³/mol. The molecule has 3 heteroatoms. The van der Waals surface area contributed by atoms with Crippen LogP contribution in [-0.4, -0.2) is 30.7 Å². The Morgan fingerprint density at radius 1 is 1.08 bits per heavy atom. The van der Waals surface area contributed by atoms with Crippen molar-refractivity contribution in [3.05, 3.63) is 11.1 Å². The van der Waals surface area contributed by atoms with E-state index in [9.17, 15) is 5.11 Å². The molecule has 0 aromatic heterocycles. The van der Waals surface area contributed by atoms with Gasteiger partial charge < -0.3 is 14.6 Å². The van der Waals surface area contributed by atoms with Crippen LogP contribution < -0.4 is 0 Å². The van der Waals surface area contributed by atoms with Crippen LogP contribution in [0, 0.1) is 35.5 Å². The lowest BCUT2D eigenvalue weighted by Crippen LogP contribution is -2.51. The molecule has 0 radical (unpaired) electrons. The monoisotopic (exact) mass is 344 g/mol. The standard InChI is InChI=1S/C22H32O3/c1-5-21(23)12-10-19-18-7-6-15-14-22(24-3,25-4)13-9-16(15)17(18)8-11-20(19,21)2/h1,17-19,23H,6-14H2,2-4H3/t17-,18-,19+,20?,21+/m1/s1. The molecule has 138 valence electrons. The Labute approximate surface area is 152 Å². The first-order valence-corrected chi connectivity index (χ1v) is 9.93. The van der Waals surface area contributed by atoms with Gasteiger partial charge in [0.05, 0.1) is 0 Å². The molecular weight excluding hydrogens is 312 g/mol. The second-order valence-electron chi connectivity index (χ2n) is 9.04. The normalized spacial score (nSPS) is 45.3. The molecule has 4 aliphatic carbocycles. The van der Waals surface area contributed by atoms with Crippen LogP contribution in [0.15, 0.2) is 11.1 Å². The highest BCUT2D eigenvalue weighted by Gasteiger charge is 2.61. The van der Waals surface area contributed by atoms with Gasteiger partial charge in [-0.3, -0.25) is 0 Å². The van der Waals surface area contributed by atoms with Crippen molar-refractivity contribution in [1.29, 1.82) is 0 Å². The van der Waals surface area contributed by atoms with Crippen molar-refractivity contribution < 1.29 is 14.6 Å². The molecule has 0 spiro atoms. The minimum Gasteiger partial charge on any atom is -0.377 e. The predicted octanol–water partition coefficient (Wildman–Crippen LogP) is 4.06. The fourth-order valence-corrected chi connectivity index (χ4v) is 6.87. The van der Waals surface area contributed by atoms with Gasteiger partial charge in [0, 0.05) is 32.5 Å². The Bertz CT molecular complexity index is 626. The van der Waals surface area contributed by atoms with Crippen molar-refractivity contribution in [2.45, 2.75) is 76.1 Å². The Kier molecular flexibility index (Phi) is 4.11. The lowest BCUT2D eigenvalue weighted by molar-refractivity contribution is -0.213.